The molecule has 126 valence electrons. The molecule has 0 aromatic heterocycles. The van der Waals surface area contributed by atoms with Crippen LogP contribution in [0.4, 0.5) is 0 Å². The summed E-state index contributed by atoms with van der Waals surface area (Å²) in [4.78, 5) is 27.7. The summed E-state index contributed by atoms with van der Waals surface area (Å²) >= 11 is 0. The van der Waals surface area contributed by atoms with Crippen molar-refractivity contribution in [2.45, 2.75) is 32.7 Å². The van der Waals surface area contributed by atoms with Crippen LogP contribution in [-0.4, -0.2) is 60.4 Å². The number of amides is 2. The number of rotatable bonds is 5. The molecule has 2 unspecified atom stereocenters. The minimum Gasteiger partial charge on any atom is -0.354 e. The second kappa shape index (κ2) is 8.11. The number of carbonyl (C=O) groups is 2. The minimum absolute atomic E-state index is 0.0593. The first-order valence-corrected chi connectivity index (χ1v) is 8.31. The number of nitrogens with one attached hydrogen (secondary N) is 1. The van der Waals surface area contributed by atoms with Crippen LogP contribution in [0.2, 0.25) is 0 Å². The molecule has 1 N–H and O–H groups in total. The number of benzene rings is 1. The first-order chi connectivity index (χ1) is 11.0. The van der Waals surface area contributed by atoms with Crippen LogP contribution in [0.3, 0.4) is 0 Å². The molecular formula is C18H27N3O2. The SMILES string of the molecule is CC(=O)N1CCN(C(C)C(=O)NCC(C)c2ccccc2)CC1. The summed E-state index contributed by atoms with van der Waals surface area (Å²) in [6.07, 6.45) is 0. The Morgan fingerprint density at radius 2 is 1.70 bits per heavy atom. The van der Waals surface area contributed by atoms with E-state index >= 15 is 0 Å². The van der Waals surface area contributed by atoms with Crippen molar-refractivity contribution in [1.29, 1.82) is 0 Å². The fourth-order valence-electron chi connectivity index (χ4n) is 2.89. The van der Waals surface area contributed by atoms with E-state index in [1.807, 2.05) is 30.0 Å². The highest BCUT2D eigenvalue weighted by atomic mass is 16.2. The maximum absolute atomic E-state index is 12.4. The second-order valence-electron chi connectivity index (χ2n) is 6.27. The average Bonchev–Trinajstić information content (AvgIpc) is 2.59. The summed E-state index contributed by atoms with van der Waals surface area (Å²) in [6, 6.07) is 10.0. The molecule has 1 heterocycles. The van der Waals surface area contributed by atoms with Gasteiger partial charge >= 0.3 is 0 Å². The lowest BCUT2D eigenvalue weighted by atomic mass is 10.0. The quantitative estimate of drug-likeness (QED) is 0.894. The van der Waals surface area contributed by atoms with Crippen LogP contribution in [0.15, 0.2) is 30.3 Å². The van der Waals surface area contributed by atoms with Gasteiger partial charge in [0.1, 0.15) is 0 Å². The third-order valence-electron chi connectivity index (χ3n) is 4.64. The zero-order chi connectivity index (χ0) is 16.8. The molecule has 2 amide bonds. The van der Waals surface area contributed by atoms with Crippen molar-refractivity contribution >= 4 is 11.8 Å². The highest BCUT2D eigenvalue weighted by Gasteiger charge is 2.26. The fourth-order valence-corrected chi connectivity index (χ4v) is 2.89. The van der Waals surface area contributed by atoms with Crippen molar-refractivity contribution < 1.29 is 9.59 Å². The van der Waals surface area contributed by atoms with Gasteiger partial charge in [-0.15, -0.1) is 0 Å². The molecule has 1 fully saturated rings. The maximum atomic E-state index is 12.4. The molecule has 0 saturated carbocycles. The van der Waals surface area contributed by atoms with Crippen molar-refractivity contribution in [3.63, 3.8) is 0 Å². The van der Waals surface area contributed by atoms with E-state index in [0.29, 0.717) is 25.6 Å². The molecule has 2 rings (SSSR count). The molecule has 1 aromatic carbocycles. The Morgan fingerprint density at radius 3 is 2.26 bits per heavy atom. The number of carbonyl (C=O) groups excluding carboxylic acids is 2. The van der Waals surface area contributed by atoms with E-state index in [2.05, 4.69) is 29.3 Å². The summed E-state index contributed by atoms with van der Waals surface area (Å²) in [5.41, 5.74) is 1.23. The maximum Gasteiger partial charge on any atom is 0.237 e. The zero-order valence-corrected chi connectivity index (χ0v) is 14.3. The van der Waals surface area contributed by atoms with Gasteiger partial charge in [0, 0.05) is 39.6 Å². The van der Waals surface area contributed by atoms with E-state index in [9.17, 15) is 9.59 Å². The summed E-state index contributed by atoms with van der Waals surface area (Å²) in [7, 11) is 0. The number of hydrogen-bond donors (Lipinski definition) is 1. The third kappa shape index (κ3) is 4.79. The molecule has 1 saturated heterocycles. The predicted molar refractivity (Wildman–Crippen MR) is 91.2 cm³/mol. The minimum atomic E-state index is -0.160. The van der Waals surface area contributed by atoms with Crippen LogP contribution in [0.25, 0.3) is 0 Å². The van der Waals surface area contributed by atoms with Crippen LogP contribution >= 0.6 is 0 Å². The topological polar surface area (TPSA) is 52.7 Å². The molecule has 0 spiro atoms. The first kappa shape index (κ1) is 17.5. The smallest absolute Gasteiger partial charge is 0.237 e. The van der Waals surface area contributed by atoms with Gasteiger partial charge in [0.05, 0.1) is 6.04 Å². The van der Waals surface area contributed by atoms with Gasteiger partial charge in [-0.1, -0.05) is 37.3 Å². The number of nitrogens with zero attached hydrogens (tertiary/aromatic N) is 2. The molecule has 2 atom stereocenters. The van der Waals surface area contributed by atoms with Crippen molar-refractivity contribution in [2.24, 2.45) is 0 Å². The van der Waals surface area contributed by atoms with E-state index < -0.39 is 0 Å². The average molecular weight is 317 g/mol. The summed E-state index contributed by atoms with van der Waals surface area (Å²) in [6.45, 7) is 9.20. The van der Waals surface area contributed by atoms with Crippen LogP contribution in [0.1, 0.15) is 32.3 Å². The highest BCUT2D eigenvalue weighted by molar-refractivity contribution is 5.81. The fraction of sp³-hybridized carbons (Fsp3) is 0.556. The van der Waals surface area contributed by atoms with Crippen molar-refractivity contribution in [3.8, 4) is 0 Å². The van der Waals surface area contributed by atoms with Gasteiger partial charge in [-0.25, -0.2) is 0 Å². The molecule has 0 bridgehead atoms. The highest BCUT2D eigenvalue weighted by Crippen LogP contribution is 2.13. The number of hydrogen-bond acceptors (Lipinski definition) is 3. The Kier molecular flexibility index (Phi) is 6.16. The molecule has 1 aromatic rings. The standard InChI is InChI=1S/C18H27N3O2/c1-14(17-7-5-4-6-8-17)13-19-18(23)15(2)20-9-11-21(12-10-20)16(3)22/h4-8,14-15H,9-13H2,1-3H3,(H,19,23). The predicted octanol–water partition coefficient (Wildman–Crippen LogP) is 1.46. The molecule has 0 radical (unpaired) electrons. The van der Waals surface area contributed by atoms with E-state index in [4.69, 9.17) is 0 Å². The lowest BCUT2D eigenvalue weighted by molar-refractivity contribution is -0.132. The number of piperazine rings is 1. The van der Waals surface area contributed by atoms with Gasteiger partial charge < -0.3 is 10.2 Å². The molecule has 5 heteroatoms. The zero-order valence-electron chi connectivity index (χ0n) is 14.3. The summed E-state index contributed by atoms with van der Waals surface area (Å²) < 4.78 is 0. The molecular weight excluding hydrogens is 290 g/mol. The molecule has 5 nitrogen and oxygen atoms in total. The monoisotopic (exact) mass is 317 g/mol. The van der Waals surface area contributed by atoms with Crippen LogP contribution < -0.4 is 5.32 Å². The Labute approximate surface area is 138 Å². The Morgan fingerprint density at radius 1 is 1.09 bits per heavy atom. The van der Waals surface area contributed by atoms with E-state index in [1.54, 1.807) is 6.92 Å². The Hall–Kier alpha value is -1.88. The summed E-state index contributed by atoms with van der Waals surface area (Å²) in [5.74, 6) is 0.462. The van der Waals surface area contributed by atoms with E-state index in [1.165, 1.54) is 5.56 Å². The summed E-state index contributed by atoms with van der Waals surface area (Å²) in [5, 5.41) is 3.05. The van der Waals surface area contributed by atoms with Gasteiger partial charge in [0.15, 0.2) is 0 Å². The van der Waals surface area contributed by atoms with Gasteiger partial charge in [-0.05, 0) is 18.4 Å². The van der Waals surface area contributed by atoms with Gasteiger partial charge in [0.25, 0.3) is 0 Å². The van der Waals surface area contributed by atoms with E-state index in [0.717, 1.165) is 13.1 Å². The van der Waals surface area contributed by atoms with Crippen LogP contribution in [0.5, 0.6) is 0 Å². The first-order valence-electron chi connectivity index (χ1n) is 8.31. The van der Waals surface area contributed by atoms with Crippen molar-refractivity contribution in [3.05, 3.63) is 35.9 Å². The van der Waals surface area contributed by atoms with Crippen LogP contribution in [0, 0.1) is 0 Å². The molecule has 1 aliphatic rings. The Bertz CT molecular complexity index is 524. The van der Waals surface area contributed by atoms with Crippen molar-refractivity contribution in [2.75, 3.05) is 32.7 Å². The Balaban J connectivity index is 1.78. The van der Waals surface area contributed by atoms with Gasteiger partial charge in [-0.2, -0.15) is 0 Å². The lowest BCUT2D eigenvalue weighted by Crippen LogP contribution is -2.54. The lowest BCUT2D eigenvalue weighted by Gasteiger charge is -2.37. The molecule has 23 heavy (non-hydrogen) atoms. The third-order valence-corrected chi connectivity index (χ3v) is 4.64. The molecule has 1 aliphatic heterocycles. The van der Waals surface area contributed by atoms with E-state index in [-0.39, 0.29) is 17.9 Å². The normalized spacial score (nSPS) is 18.3. The van der Waals surface area contributed by atoms with Crippen LogP contribution in [-0.2, 0) is 9.59 Å². The van der Waals surface area contributed by atoms with Gasteiger partial charge in [-0.3, -0.25) is 14.5 Å². The van der Waals surface area contributed by atoms with Crippen molar-refractivity contribution in [1.82, 2.24) is 15.1 Å². The second-order valence-corrected chi connectivity index (χ2v) is 6.27. The molecule has 0 aliphatic carbocycles. The van der Waals surface area contributed by atoms with Gasteiger partial charge in [0.2, 0.25) is 11.8 Å². The largest absolute Gasteiger partial charge is 0.354 e.